The van der Waals surface area contributed by atoms with E-state index in [9.17, 15) is 18.0 Å². The molecule has 2 amide bonds. The Labute approximate surface area is 273 Å². The van der Waals surface area contributed by atoms with Crippen LogP contribution in [-0.2, 0) is 32.6 Å². The first-order valence-corrected chi connectivity index (χ1v) is 16.4. The average Bonchev–Trinajstić information content (AvgIpc) is 2.99. The molecule has 0 unspecified atom stereocenters. The van der Waals surface area contributed by atoms with Gasteiger partial charge in [-0.15, -0.1) is 0 Å². The molecule has 1 N–H and O–H groups in total. The highest BCUT2D eigenvalue weighted by atomic mass is 35.5. The molecule has 11 heteroatoms. The van der Waals surface area contributed by atoms with E-state index in [4.69, 9.17) is 23.2 Å². The molecule has 0 aliphatic carbocycles. The van der Waals surface area contributed by atoms with Gasteiger partial charge in [0, 0.05) is 29.1 Å². The third-order valence-corrected chi connectivity index (χ3v) is 9.17. The van der Waals surface area contributed by atoms with Crippen molar-refractivity contribution < 1.29 is 22.4 Å². The van der Waals surface area contributed by atoms with Crippen LogP contribution >= 0.6 is 23.2 Å². The molecule has 0 aromatic heterocycles. The smallest absolute Gasteiger partial charge is 0.264 e. The minimum atomic E-state index is -4.35. The van der Waals surface area contributed by atoms with E-state index < -0.39 is 45.8 Å². The zero-order valence-electron chi connectivity index (χ0n) is 25.1. The molecule has 4 aromatic rings. The van der Waals surface area contributed by atoms with E-state index in [0.717, 1.165) is 9.87 Å². The molecule has 1 atom stereocenters. The van der Waals surface area contributed by atoms with Crippen molar-refractivity contribution in [3.05, 3.63) is 130 Å². The van der Waals surface area contributed by atoms with Crippen molar-refractivity contribution in [1.82, 2.24) is 10.2 Å². The Hall–Kier alpha value is -3.92. The number of sulfonamides is 1. The molecule has 4 aromatic carbocycles. The van der Waals surface area contributed by atoms with Gasteiger partial charge in [0.25, 0.3) is 10.0 Å². The largest absolute Gasteiger partial charge is 0.350 e. The van der Waals surface area contributed by atoms with Crippen LogP contribution in [-0.4, -0.2) is 43.3 Å². The van der Waals surface area contributed by atoms with Gasteiger partial charge in [-0.2, -0.15) is 0 Å². The molecule has 0 aliphatic heterocycles. The Morgan fingerprint density at radius 1 is 0.867 bits per heavy atom. The summed E-state index contributed by atoms with van der Waals surface area (Å²) in [7, 11) is -4.35. The summed E-state index contributed by atoms with van der Waals surface area (Å²) in [6.45, 7) is 4.40. The summed E-state index contributed by atoms with van der Waals surface area (Å²) in [6, 6.07) is 25.8. The lowest BCUT2D eigenvalue weighted by Gasteiger charge is -2.35. The number of nitrogens with zero attached hydrogens (tertiary/aromatic N) is 2. The lowest BCUT2D eigenvalue weighted by atomic mass is 10.0. The number of benzene rings is 4. The summed E-state index contributed by atoms with van der Waals surface area (Å²) >= 11 is 12.6. The predicted octanol–water partition coefficient (Wildman–Crippen LogP) is 6.88. The second-order valence-corrected chi connectivity index (χ2v) is 14.2. The summed E-state index contributed by atoms with van der Waals surface area (Å²) in [6.07, 6.45) is 0.0933. The monoisotopic (exact) mass is 669 g/mol. The van der Waals surface area contributed by atoms with Crippen LogP contribution in [0.15, 0.2) is 108 Å². The van der Waals surface area contributed by atoms with Crippen LogP contribution in [0.5, 0.6) is 0 Å². The third kappa shape index (κ3) is 8.84. The Morgan fingerprint density at radius 2 is 1.47 bits per heavy atom. The highest BCUT2D eigenvalue weighted by molar-refractivity contribution is 7.92. The van der Waals surface area contributed by atoms with Crippen LogP contribution < -0.4 is 9.62 Å². The number of halogens is 3. The van der Waals surface area contributed by atoms with Gasteiger partial charge in [0.05, 0.1) is 15.6 Å². The maximum absolute atomic E-state index is 15.0. The molecule has 45 heavy (non-hydrogen) atoms. The van der Waals surface area contributed by atoms with Gasteiger partial charge in [0.1, 0.15) is 18.4 Å². The van der Waals surface area contributed by atoms with E-state index in [1.165, 1.54) is 53.4 Å². The normalized spacial score (nSPS) is 12.3. The van der Waals surface area contributed by atoms with E-state index in [1.54, 1.807) is 24.3 Å². The second-order valence-electron chi connectivity index (χ2n) is 11.5. The summed E-state index contributed by atoms with van der Waals surface area (Å²) in [5.41, 5.74) is 0.280. The average molecular weight is 671 g/mol. The minimum Gasteiger partial charge on any atom is -0.350 e. The molecule has 0 heterocycles. The molecule has 236 valence electrons. The van der Waals surface area contributed by atoms with Crippen LogP contribution in [0.4, 0.5) is 10.1 Å². The minimum absolute atomic E-state index is 0.00164. The van der Waals surface area contributed by atoms with Crippen molar-refractivity contribution in [2.24, 2.45) is 0 Å². The first kappa shape index (κ1) is 34.0. The maximum atomic E-state index is 15.0. The van der Waals surface area contributed by atoms with Crippen LogP contribution in [0.25, 0.3) is 0 Å². The van der Waals surface area contributed by atoms with Gasteiger partial charge < -0.3 is 10.2 Å². The zero-order chi connectivity index (χ0) is 32.8. The van der Waals surface area contributed by atoms with Crippen molar-refractivity contribution >= 4 is 50.7 Å². The summed E-state index contributed by atoms with van der Waals surface area (Å²) in [5, 5.41) is 3.21. The third-order valence-electron chi connectivity index (χ3n) is 6.86. The number of anilines is 1. The number of carbonyl (C=O) groups is 2. The highest BCUT2D eigenvalue weighted by Crippen LogP contribution is 2.33. The standard InChI is InChI=1S/C34H34Cl2FN3O4S/c1-34(2,3)38-33(42)31(20-24-12-6-4-7-13-24)39(22-25-14-10-11-17-29(25)37)32(41)23-40(30-19-18-26(35)21-28(30)36)45(43,44)27-15-8-5-9-16-27/h4-19,21,31H,20,22-23H2,1-3H3,(H,38,42)/t31-/m1/s1. The number of nitrogens with one attached hydrogen (secondary N) is 1. The van der Waals surface area contributed by atoms with Crippen LogP contribution in [0.1, 0.15) is 31.9 Å². The molecule has 0 radical (unpaired) electrons. The molecule has 0 spiro atoms. The van der Waals surface area contributed by atoms with E-state index in [2.05, 4.69) is 5.32 Å². The fourth-order valence-electron chi connectivity index (χ4n) is 4.73. The summed E-state index contributed by atoms with van der Waals surface area (Å²) in [5.74, 6) is -1.79. The Bertz CT molecular complexity index is 1750. The molecule has 0 bridgehead atoms. The number of hydrogen-bond donors (Lipinski definition) is 1. The number of amides is 2. The first-order chi connectivity index (χ1) is 21.3. The molecular weight excluding hydrogens is 636 g/mol. The first-order valence-electron chi connectivity index (χ1n) is 14.2. The van der Waals surface area contributed by atoms with Crippen LogP contribution in [0, 0.1) is 5.82 Å². The maximum Gasteiger partial charge on any atom is 0.264 e. The topological polar surface area (TPSA) is 86.8 Å². The van der Waals surface area contributed by atoms with Gasteiger partial charge in [-0.25, -0.2) is 12.8 Å². The number of rotatable bonds is 11. The van der Waals surface area contributed by atoms with E-state index >= 15 is 4.39 Å². The lowest BCUT2D eigenvalue weighted by molar-refractivity contribution is -0.140. The predicted molar refractivity (Wildman–Crippen MR) is 176 cm³/mol. The Balaban J connectivity index is 1.84. The molecule has 4 rings (SSSR count). The van der Waals surface area contributed by atoms with Crippen molar-refractivity contribution in [1.29, 1.82) is 0 Å². The van der Waals surface area contributed by atoms with Crippen molar-refractivity contribution in [3.63, 3.8) is 0 Å². The molecule has 0 fully saturated rings. The van der Waals surface area contributed by atoms with Crippen molar-refractivity contribution in [2.45, 2.75) is 50.2 Å². The van der Waals surface area contributed by atoms with Crippen molar-refractivity contribution in [2.75, 3.05) is 10.8 Å². The Kier molecular flexibility index (Phi) is 10.9. The lowest BCUT2D eigenvalue weighted by Crippen LogP contribution is -2.56. The second kappa shape index (κ2) is 14.5. The van der Waals surface area contributed by atoms with Gasteiger partial charge in [0.15, 0.2) is 0 Å². The molecule has 0 saturated heterocycles. The van der Waals surface area contributed by atoms with Gasteiger partial charge in [-0.3, -0.25) is 13.9 Å². The fraction of sp³-hybridized carbons (Fsp3) is 0.235. The van der Waals surface area contributed by atoms with Gasteiger partial charge in [-0.1, -0.05) is 89.9 Å². The van der Waals surface area contributed by atoms with E-state index in [0.29, 0.717) is 0 Å². The quantitative estimate of drug-likeness (QED) is 0.189. The number of carbonyl (C=O) groups excluding carboxylic acids is 2. The molecule has 0 saturated carbocycles. The molecular formula is C34H34Cl2FN3O4S. The van der Waals surface area contributed by atoms with Gasteiger partial charge in [0.2, 0.25) is 11.8 Å². The zero-order valence-corrected chi connectivity index (χ0v) is 27.4. The highest BCUT2D eigenvalue weighted by Gasteiger charge is 2.36. The number of hydrogen-bond acceptors (Lipinski definition) is 4. The summed E-state index contributed by atoms with van der Waals surface area (Å²) < 4.78 is 44.0. The molecule has 7 nitrogen and oxygen atoms in total. The van der Waals surface area contributed by atoms with Gasteiger partial charge >= 0.3 is 0 Å². The summed E-state index contributed by atoms with van der Waals surface area (Å²) in [4.78, 5) is 29.5. The van der Waals surface area contributed by atoms with Crippen molar-refractivity contribution in [3.8, 4) is 0 Å². The SMILES string of the molecule is CC(C)(C)NC(=O)[C@@H](Cc1ccccc1)N(Cc1ccccc1F)C(=O)CN(c1ccc(Cl)cc1Cl)S(=O)(=O)c1ccccc1. The van der Waals surface area contributed by atoms with E-state index in [-0.39, 0.29) is 39.2 Å². The van der Waals surface area contributed by atoms with Crippen LogP contribution in [0.2, 0.25) is 10.0 Å². The van der Waals surface area contributed by atoms with E-state index in [1.807, 2.05) is 51.1 Å². The molecule has 0 aliphatic rings. The van der Waals surface area contributed by atoms with Gasteiger partial charge in [-0.05, 0) is 62.7 Å². The van der Waals surface area contributed by atoms with Crippen LogP contribution in [0.3, 0.4) is 0 Å². The fourth-order valence-corrected chi connectivity index (χ4v) is 6.75. The Morgan fingerprint density at radius 3 is 2.07 bits per heavy atom.